The Bertz CT molecular complexity index is 991. The fourth-order valence-electron chi connectivity index (χ4n) is 2.84. The van der Waals surface area contributed by atoms with E-state index in [2.05, 4.69) is 0 Å². The molecule has 0 unspecified atom stereocenters. The molecule has 2 aromatic carbocycles. The Morgan fingerprint density at radius 1 is 1.20 bits per heavy atom. The first-order valence-corrected chi connectivity index (χ1v) is 9.16. The van der Waals surface area contributed by atoms with E-state index in [9.17, 15) is 13.2 Å². The summed E-state index contributed by atoms with van der Waals surface area (Å²) in [5.41, 5.74) is 2.41. The zero-order valence-electron chi connectivity index (χ0n) is 13.9. The maximum Gasteiger partial charge on any atom is 0.258 e. The van der Waals surface area contributed by atoms with Crippen molar-refractivity contribution in [3.05, 3.63) is 59.2 Å². The van der Waals surface area contributed by atoms with Crippen LogP contribution in [0.3, 0.4) is 0 Å². The topological polar surface area (TPSA) is 81.5 Å². The highest BCUT2D eigenvalue weighted by molar-refractivity contribution is 7.89. The average Bonchev–Trinajstić information content (AvgIpc) is 3.04. The van der Waals surface area contributed by atoms with E-state index in [1.165, 1.54) is 24.5 Å². The molecule has 0 aromatic heterocycles. The number of fused-ring (bicyclic) bond motifs is 1. The molecule has 0 fully saturated rings. The Morgan fingerprint density at radius 3 is 2.64 bits per heavy atom. The molecule has 0 saturated carbocycles. The molecule has 25 heavy (non-hydrogen) atoms. The molecule has 0 spiro atoms. The molecule has 0 N–H and O–H groups in total. The molecule has 0 atom stereocenters. The predicted octanol–water partition coefficient (Wildman–Crippen LogP) is 2.01. The monoisotopic (exact) mass is 355 g/mol. The van der Waals surface area contributed by atoms with Crippen LogP contribution in [0.2, 0.25) is 0 Å². The summed E-state index contributed by atoms with van der Waals surface area (Å²) in [6.07, 6.45) is 0.593. The second kappa shape index (κ2) is 6.31. The number of nitriles is 1. The van der Waals surface area contributed by atoms with Crippen molar-refractivity contribution < 1.29 is 13.2 Å². The van der Waals surface area contributed by atoms with Gasteiger partial charge in [-0.3, -0.25) is 4.79 Å². The molecule has 1 heterocycles. The van der Waals surface area contributed by atoms with Crippen LogP contribution < -0.4 is 4.90 Å². The minimum absolute atomic E-state index is 0.195. The standard InChI is InChI=1S/C18H17N3O3S/c1-20(2)25(23,24)16-6-7-17-14(11-16)8-9-21(17)18(22)15-5-3-4-13(10-15)12-19/h3-7,10-11H,8-9H2,1-2H3. The highest BCUT2D eigenvalue weighted by Gasteiger charge is 2.28. The zero-order valence-corrected chi connectivity index (χ0v) is 14.7. The Balaban J connectivity index is 1.95. The molecule has 128 valence electrons. The van der Waals surface area contributed by atoms with Crippen LogP contribution in [0.25, 0.3) is 0 Å². The second-order valence-corrected chi connectivity index (χ2v) is 8.13. The molecular weight excluding hydrogens is 338 g/mol. The van der Waals surface area contributed by atoms with Gasteiger partial charge in [-0.15, -0.1) is 0 Å². The molecule has 1 aliphatic heterocycles. The number of benzene rings is 2. The number of carbonyl (C=O) groups is 1. The third-order valence-corrected chi connectivity index (χ3v) is 6.02. The molecule has 7 heteroatoms. The first kappa shape index (κ1) is 17.1. The van der Waals surface area contributed by atoms with Crippen molar-refractivity contribution in [2.45, 2.75) is 11.3 Å². The minimum Gasteiger partial charge on any atom is -0.308 e. The number of anilines is 1. The quantitative estimate of drug-likeness (QED) is 0.843. The summed E-state index contributed by atoms with van der Waals surface area (Å²) in [6.45, 7) is 0.483. The van der Waals surface area contributed by atoms with Crippen molar-refractivity contribution in [1.29, 1.82) is 5.26 Å². The van der Waals surface area contributed by atoms with Crippen molar-refractivity contribution in [1.82, 2.24) is 4.31 Å². The molecule has 0 radical (unpaired) electrons. The van der Waals surface area contributed by atoms with Crippen LogP contribution in [-0.4, -0.2) is 39.3 Å². The van der Waals surface area contributed by atoms with Gasteiger partial charge in [0.15, 0.2) is 0 Å². The van der Waals surface area contributed by atoms with Gasteiger partial charge in [-0.05, 0) is 48.4 Å². The normalized spacial score (nSPS) is 13.6. The summed E-state index contributed by atoms with van der Waals surface area (Å²) in [5.74, 6) is -0.195. The van der Waals surface area contributed by atoms with Gasteiger partial charge >= 0.3 is 0 Å². The average molecular weight is 355 g/mol. The van der Waals surface area contributed by atoms with Crippen LogP contribution in [0.5, 0.6) is 0 Å². The van der Waals surface area contributed by atoms with Gasteiger partial charge in [0, 0.05) is 31.9 Å². The molecule has 6 nitrogen and oxygen atoms in total. The summed E-state index contributed by atoms with van der Waals surface area (Å²) in [6, 6.07) is 13.4. The van der Waals surface area contributed by atoms with Crippen molar-refractivity contribution in [2.75, 3.05) is 25.5 Å². The lowest BCUT2D eigenvalue weighted by Crippen LogP contribution is -2.29. The Labute approximate surface area is 147 Å². The van der Waals surface area contributed by atoms with Crippen LogP contribution in [0.15, 0.2) is 47.4 Å². The van der Waals surface area contributed by atoms with Gasteiger partial charge in [0.05, 0.1) is 16.5 Å². The lowest BCUT2D eigenvalue weighted by molar-refractivity contribution is 0.0989. The summed E-state index contributed by atoms with van der Waals surface area (Å²) in [4.78, 5) is 14.6. The fraction of sp³-hybridized carbons (Fsp3) is 0.222. The van der Waals surface area contributed by atoms with Gasteiger partial charge in [0.25, 0.3) is 5.91 Å². The van der Waals surface area contributed by atoms with E-state index in [1.807, 2.05) is 6.07 Å². The summed E-state index contributed by atoms with van der Waals surface area (Å²) < 4.78 is 25.7. The Morgan fingerprint density at radius 2 is 1.96 bits per heavy atom. The number of nitrogens with zero attached hydrogens (tertiary/aromatic N) is 3. The zero-order chi connectivity index (χ0) is 18.2. The largest absolute Gasteiger partial charge is 0.308 e. The van der Waals surface area contributed by atoms with E-state index in [0.29, 0.717) is 29.8 Å². The van der Waals surface area contributed by atoms with Gasteiger partial charge in [0.1, 0.15) is 0 Å². The van der Waals surface area contributed by atoms with E-state index in [0.717, 1.165) is 5.56 Å². The smallest absolute Gasteiger partial charge is 0.258 e. The van der Waals surface area contributed by atoms with Crippen molar-refractivity contribution in [3.63, 3.8) is 0 Å². The van der Waals surface area contributed by atoms with Crippen LogP contribution in [0.1, 0.15) is 21.5 Å². The van der Waals surface area contributed by atoms with Gasteiger partial charge in [0.2, 0.25) is 10.0 Å². The van der Waals surface area contributed by atoms with E-state index in [1.54, 1.807) is 41.3 Å². The van der Waals surface area contributed by atoms with Crippen molar-refractivity contribution in [2.24, 2.45) is 0 Å². The minimum atomic E-state index is -3.50. The van der Waals surface area contributed by atoms with Crippen LogP contribution in [-0.2, 0) is 16.4 Å². The predicted molar refractivity (Wildman–Crippen MR) is 93.9 cm³/mol. The molecule has 1 amide bonds. The summed E-state index contributed by atoms with van der Waals surface area (Å²) in [7, 11) is -0.530. The SMILES string of the molecule is CN(C)S(=O)(=O)c1ccc2c(c1)CCN2C(=O)c1cccc(C#N)c1. The molecular formula is C18H17N3O3S. The van der Waals surface area contributed by atoms with E-state index in [4.69, 9.17) is 5.26 Å². The third-order valence-electron chi connectivity index (χ3n) is 4.21. The molecule has 0 saturated heterocycles. The van der Waals surface area contributed by atoms with Crippen molar-refractivity contribution >= 4 is 21.6 Å². The van der Waals surface area contributed by atoms with Crippen LogP contribution in [0, 0.1) is 11.3 Å². The van der Waals surface area contributed by atoms with Gasteiger partial charge < -0.3 is 4.90 Å². The number of carbonyl (C=O) groups excluding carboxylic acids is 1. The molecule has 0 aliphatic carbocycles. The second-order valence-electron chi connectivity index (χ2n) is 5.98. The highest BCUT2D eigenvalue weighted by Crippen LogP contribution is 2.32. The number of amides is 1. The third kappa shape index (κ3) is 3.02. The number of rotatable bonds is 3. The first-order valence-electron chi connectivity index (χ1n) is 7.72. The maximum absolute atomic E-state index is 12.8. The lowest BCUT2D eigenvalue weighted by atomic mass is 10.1. The molecule has 1 aliphatic rings. The van der Waals surface area contributed by atoms with Gasteiger partial charge in [-0.1, -0.05) is 6.07 Å². The Kier molecular flexibility index (Phi) is 4.33. The molecule has 0 bridgehead atoms. The van der Waals surface area contributed by atoms with E-state index in [-0.39, 0.29) is 10.8 Å². The summed E-state index contributed by atoms with van der Waals surface area (Å²) in [5, 5.41) is 8.98. The number of hydrogen-bond acceptors (Lipinski definition) is 4. The fourth-order valence-corrected chi connectivity index (χ4v) is 3.79. The van der Waals surface area contributed by atoms with Gasteiger partial charge in [-0.2, -0.15) is 5.26 Å². The van der Waals surface area contributed by atoms with Gasteiger partial charge in [-0.25, -0.2) is 12.7 Å². The maximum atomic E-state index is 12.8. The molecule has 3 rings (SSSR count). The number of hydrogen-bond donors (Lipinski definition) is 0. The first-order chi connectivity index (χ1) is 11.8. The van der Waals surface area contributed by atoms with E-state index >= 15 is 0 Å². The summed E-state index contributed by atoms with van der Waals surface area (Å²) >= 11 is 0. The van der Waals surface area contributed by atoms with Crippen molar-refractivity contribution in [3.8, 4) is 6.07 Å². The van der Waals surface area contributed by atoms with E-state index < -0.39 is 10.0 Å². The highest BCUT2D eigenvalue weighted by atomic mass is 32.2. The molecule has 2 aromatic rings. The Hall–Kier alpha value is -2.69. The lowest BCUT2D eigenvalue weighted by Gasteiger charge is -2.18. The number of sulfonamides is 1. The van der Waals surface area contributed by atoms with Crippen LogP contribution >= 0.6 is 0 Å². The van der Waals surface area contributed by atoms with Crippen LogP contribution in [0.4, 0.5) is 5.69 Å².